The third kappa shape index (κ3) is 1.40. The van der Waals surface area contributed by atoms with E-state index in [-0.39, 0.29) is 5.91 Å². The average molecular weight is 234 g/mol. The number of benzene rings is 2. The van der Waals surface area contributed by atoms with E-state index in [9.17, 15) is 10.1 Å². The minimum Gasteiger partial charge on any atom is -0.288 e. The maximum atomic E-state index is 12.3. The predicted octanol–water partition coefficient (Wildman–Crippen LogP) is 2.91. The lowest BCUT2D eigenvalue weighted by atomic mass is 10.1. The van der Waals surface area contributed by atoms with Crippen molar-refractivity contribution >= 4 is 11.6 Å². The summed E-state index contributed by atoms with van der Waals surface area (Å²) in [6.45, 7) is 0. The summed E-state index contributed by atoms with van der Waals surface area (Å²) in [6, 6.07) is 18.2. The summed E-state index contributed by atoms with van der Waals surface area (Å²) >= 11 is 0. The summed E-state index contributed by atoms with van der Waals surface area (Å²) in [6.07, 6.45) is 0. The first kappa shape index (κ1) is 10.5. The second kappa shape index (κ2) is 4.01. The molecule has 86 valence electrons. The van der Waals surface area contributed by atoms with Crippen LogP contribution in [0.5, 0.6) is 0 Å². The van der Waals surface area contributed by atoms with Crippen molar-refractivity contribution in [1.29, 1.82) is 5.26 Å². The molecule has 0 radical (unpaired) electrons. The zero-order valence-corrected chi connectivity index (χ0v) is 9.58. The van der Waals surface area contributed by atoms with Gasteiger partial charge in [-0.15, -0.1) is 0 Å². The van der Waals surface area contributed by atoms with Gasteiger partial charge >= 0.3 is 0 Å². The first-order valence-electron chi connectivity index (χ1n) is 5.70. The zero-order valence-electron chi connectivity index (χ0n) is 9.58. The van der Waals surface area contributed by atoms with Gasteiger partial charge in [0.15, 0.2) is 6.04 Å². The molecule has 1 atom stereocenters. The first-order valence-corrected chi connectivity index (χ1v) is 5.70. The van der Waals surface area contributed by atoms with E-state index in [1.807, 2.05) is 48.5 Å². The molecule has 1 aliphatic rings. The number of amides is 1. The number of carbonyl (C=O) groups is 1. The van der Waals surface area contributed by atoms with Crippen LogP contribution in [0.15, 0.2) is 54.6 Å². The number of carbonyl (C=O) groups excluding carboxylic acids is 1. The molecule has 3 nitrogen and oxygen atoms in total. The Morgan fingerprint density at radius 3 is 2.39 bits per heavy atom. The lowest BCUT2D eigenvalue weighted by Crippen LogP contribution is -2.26. The third-order valence-corrected chi connectivity index (χ3v) is 3.12. The summed E-state index contributed by atoms with van der Waals surface area (Å²) in [7, 11) is 0. The molecule has 0 saturated heterocycles. The van der Waals surface area contributed by atoms with Gasteiger partial charge < -0.3 is 0 Å². The van der Waals surface area contributed by atoms with Crippen LogP contribution >= 0.6 is 0 Å². The smallest absolute Gasteiger partial charge is 0.260 e. The number of nitriles is 1. The van der Waals surface area contributed by atoms with Gasteiger partial charge in [0.1, 0.15) is 0 Å². The highest BCUT2D eigenvalue weighted by Gasteiger charge is 2.37. The highest BCUT2D eigenvalue weighted by Crippen LogP contribution is 2.36. The van der Waals surface area contributed by atoms with Gasteiger partial charge in [-0.2, -0.15) is 5.26 Å². The number of fused-ring (bicyclic) bond motifs is 1. The number of para-hydroxylation sites is 1. The van der Waals surface area contributed by atoms with Gasteiger partial charge in [0, 0.05) is 16.8 Å². The van der Waals surface area contributed by atoms with Crippen LogP contribution in [0.25, 0.3) is 0 Å². The van der Waals surface area contributed by atoms with Gasteiger partial charge in [-0.3, -0.25) is 9.69 Å². The van der Waals surface area contributed by atoms with E-state index in [1.165, 1.54) is 0 Å². The van der Waals surface area contributed by atoms with Crippen LogP contribution in [-0.4, -0.2) is 5.91 Å². The molecule has 1 amide bonds. The Labute approximate surface area is 105 Å². The molecule has 2 aromatic rings. The lowest BCUT2D eigenvalue weighted by molar-refractivity contribution is 0.0994. The largest absolute Gasteiger partial charge is 0.288 e. The van der Waals surface area contributed by atoms with Crippen LogP contribution in [0.1, 0.15) is 22.0 Å². The van der Waals surface area contributed by atoms with E-state index in [4.69, 9.17) is 0 Å². The quantitative estimate of drug-likeness (QED) is 0.761. The van der Waals surface area contributed by atoms with Crippen molar-refractivity contribution in [3.8, 4) is 6.07 Å². The molecule has 18 heavy (non-hydrogen) atoms. The van der Waals surface area contributed by atoms with Crippen molar-refractivity contribution in [1.82, 2.24) is 0 Å². The Hall–Kier alpha value is -2.60. The van der Waals surface area contributed by atoms with Crippen molar-refractivity contribution in [3.63, 3.8) is 0 Å². The summed E-state index contributed by atoms with van der Waals surface area (Å²) in [5.74, 6) is -0.108. The Balaban J connectivity index is 2.15. The van der Waals surface area contributed by atoms with E-state index in [0.717, 1.165) is 11.3 Å². The van der Waals surface area contributed by atoms with E-state index < -0.39 is 6.04 Å². The molecule has 0 N–H and O–H groups in total. The van der Waals surface area contributed by atoms with Gasteiger partial charge in [-0.05, 0) is 18.2 Å². The van der Waals surface area contributed by atoms with Gasteiger partial charge in [0.25, 0.3) is 5.91 Å². The van der Waals surface area contributed by atoms with Gasteiger partial charge in [0.2, 0.25) is 0 Å². The van der Waals surface area contributed by atoms with E-state index in [2.05, 4.69) is 6.07 Å². The highest BCUT2D eigenvalue weighted by molar-refractivity contribution is 6.11. The average Bonchev–Trinajstić information content (AvgIpc) is 2.73. The molecule has 1 unspecified atom stereocenters. The molecule has 0 bridgehead atoms. The van der Waals surface area contributed by atoms with Gasteiger partial charge in [0.05, 0.1) is 6.07 Å². The molecule has 1 aliphatic heterocycles. The molecule has 3 rings (SSSR count). The Morgan fingerprint density at radius 2 is 1.67 bits per heavy atom. The molecule has 0 saturated carbocycles. The molecule has 0 aliphatic carbocycles. The third-order valence-electron chi connectivity index (χ3n) is 3.12. The molecule has 3 heteroatoms. The Kier molecular flexibility index (Phi) is 2.35. The predicted molar refractivity (Wildman–Crippen MR) is 68.0 cm³/mol. The van der Waals surface area contributed by atoms with Crippen molar-refractivity contribution in [3.05, 3.63) is 65.7 Å². The second-order valence-electron chi connectivity index (χ2n) is 4.13. The molecule has 1 heterocycles. The molecular weight excluding hydrogens is 224 g/mol. The first-order chi connectivity index (χ1) is 8.83. The molecule has 0 fully saturated rings. The maximum Gasteiger partial charge on any atom is 0.260 e. The summed E-state index contributed by atoms with van der Waals surface area (Å²) in [4.78, 5) is 13.9. The molecule has 2 aromatic carbocycles. The maximum absolute atomic E-state index is 12.3. The van der Waals surface area contributed by atoms with Gasteiger partial charge in [-0.1, -0.05) is 36.4 Å². The van der Waals surface area contributed by atoms with Crippen molar-refractivity contribution < 1.29 is 4.79 Å². The normalized spacial score (nSPS) is 17.4. The molecule has 0 aromatic heterocycles. The molecule has 0 spiro atoms. The van der Waals surface area contributed by atoms with Crippen LogP contribution in [0.4, 0.5) is 5.69 Å². The van der Waals surface area contributed by atoms with Crippen LogP contribution in [0.3, 0.4) is 0 Å². The monoisotopic (exact) mass is 234 g/mol. The number of hydrogen-bond acceptors (Lipinski definition) is 2. The number of anilines is 1. The lowest BCUT2D eigenvalue weighted by Gasteiger charge is -2.19. The van der Waals surface area contributed by atoms with Crippen molar-refractivity contribution in [2.24, 2.45) is 0 Å². The number of rotatable bonds is 1. The summed E-state index contributed by atoms with van der Waals surface area (Å²) < 4.78 is 0. The minimum atomic E-state index is -0.531. The minimum absolute atomic E-state index is 0.108. The highest BCUT2D eigenvalue weighted by atomic mass is 16.2. The van der Waals surface area contributed by atoms with E-state index >= 15 is 0 Å². The SMILES string of the molecule is N#CC1c2ccccc2C(=O)N1c1ccccc1. The van der Waals surface area contributed by atoms with Crippen LogP contribution in [0, 0.1) is 11.3 Å². The fourth-order valence-corrected chi connectivity index (χ4v) is 2.30. The standard InChI is InChI=1S/C15H10N2O/c16-10-14-12-8-4-5-9-13(12)15(18)17(14)11-6-2-1-3-7-11/h1-9,14H. The van der Waals surface area contributed by atoms with Crippen LogP contribution < -0.4 is 4.90 Å². The van der Waals surface area contributed by atoms with Crippen molar-refractivity contribution in [2.45, 2.75) is 6.04 Å². The van der Waals surface area contributed by atoms with Crippen LogP contribution in [-0.2, 0) is 0 Å². The Morgan fingerprint density at radius 1 is 1.00 bits per heavy atom. The zero-order chi connectivity index (χ0) is 12.5. The second-order valence-corrected chi connectivity index (χ2v) is 4.13. The summed E-state index contributed by atoms with van der Waals surface area (Å²) in [5.41, 5.74) is 2.16. The molecular formula is C15H10N2O. The Bertz CT molecular complexity index is 643. The van der Waals surface area contributed by atoms with Crippen molar-refractivity contribution in [2.75, 3.05) is 4.90 Å². The van der Waals surface area contributed by atoms with E-state index in [0.29, 0.717) is 5.56 Å². The van der Waals surface area contributed by atoms with E-state index in [1.54, 1.807) is 11.0 Å². The van der Waals surface area contributed by atoms with Crippen LogP contribution in [0.2, 0.25) is 0 Å². The van der Waals surface area contributed by atoms with Gasteiger partial charge in [-0.25, -0.2) is 0 Å². The summed E-state index contributed by atoms with van der Waals surface area (Å²) in [5, 5.41) is 9.32. The number of nitrogens with zero attached hydrogens (tertiary/aromatic N) is 2. The number of hydrogen-bond donors (Lipinski definition) is 0. The fraction of sp³-hybridized carbons (Fsp3) is 0.0667. The topological polar surface area (TPSA) is 44.1 Å². The fourth-order valence-electron chi connectivity index (χ4n) is 2.30.